The van der Waals surface area contributed by atoms with E-state index in [-0.39, 0.29) is 40.9 Å². The Morgan fingerprint density at radius 2 is 2.09 bits per heavy atom. The Kier molecular flexibility index (Phi) is 6.23. The highest BCUT2D eigenvalue weighted by Crippen LogP contribution is 2.33. The number of nitriles is 1. The third-order valence-corrected chi connectivity index (χ3v) is 5.84. The van der Waals surface area contributed by atoms with E-state index in [0.717, 1.165) is 5.56 Å². The number of fused-ring (bicyclic) bond motifs is 1. The van der Waals surface area contributed by atoms with Crippen LogP contribution in [0, 0.1) is 18.3 Å². The van der Waals surface area contributed by atoms with Crippen molar-refractivity contribution in [3.8, 4) is 6.07 Å². The minimum atomic E-state index is -2.87. The fourth-order valence-electron chi connectivity index (χ4n) is 4.12. The minimum absolute atomic E-state index is 0.0163. The van der Waals surface area contributed by atoms with E-state index in [4.69, 9.17) is 11.6 Å². The molecule has 1 aromatic carbocycles. The van der Waals surface area contributed by atoms with Crippen LogP contribution < -0.4 is 10.2 Å². The summed E-state index contributed by atoms with van der Waals surface area (Å²) in [6.07, 6.45) is 0.0661. The quantitative estimate of drug-likeness (QED) is 0.486. The summed E-state index contributed by atoms with van der Waals surface area (Å²) in [6, 6.07) is 8.15. The number of alkyl halides is 2. The summed E-state index contributed by atoms with van der Waals surface area (Å²) in [5.74, 6) is -3.99. The smallest absolute Gasteiger partial charge is 0.356 e. The number of aromatic nitrogens is 3. The normalized spacial score (nSPS) is 16.2. The monoisotopic (exact) mass is 486 g/mol. The van der Waals surface area contributed by atoms with E-state index in [2.05, 4.69) is 20.3 Å². The summed E-state index contributed by atoms with van der Waals surface area (Å²) in [6.45, 7) is 3.48. The van der Waals surface area contributed by atoms with Crippen molar-refractivity contribution in [2.75, 3.05) is 23.3 Å². The number of nitrogens with one attached hydrogen (secondary N) is 1. The molecule has 0 radical (unpaired) electrons. The van der Waals surface area contributed by atoms with Crippen molar-refractivity contribution in [1.29, 1.82) is 5.26 Å². The van der Waals surface area contributed by atoms with E-state index in [1.807, 2.05) is 26.0 Å². The lowest BCUT2D eigenvalue weighted by Crippen LogP contribution is -2.43. The Balaban J connectivity index is 1.80. The van der Waals surface area contributed by atoms with Gasteiger partial charge in [-0.05, 0) is 44.0 Å². The van der Waals surface area contributed by atoms with Crippen molar-refractivity contribution in [1.82, 2.24) is 15.0 Å². The highest BCUT2D eigenvalue weighted by Gasteiger charge is 2.37. The van der Waals surface area contributed by atoms with Gasteiger partial charge in [-0.3, -0.25) is 0 Å². The average Bonchev–Trinajstić information content (AvgIpc) is 2.77. The topological polar surface area (TPSA) is 115 Å². The molecule has 0 amide bonds. The number of hydrogen-bond donors (Lipinski definition) is 2. The number of carbonyl (C=O) groups is 1. The van der Waals surface area contributed by atoms with E-state index in [0.29, 0.717) is 23.1 Å². The molecule has 4 rings (SSSR count). The lowest BCUT2D eigenvalue weighted by atomic mass is 10.0. The van der Waals surface area contributed by atoms with Gasteiger partial charge in [0.25, 0.3) is 5.92 Å². The number of anilines is 2. The first kappa shape index (κ1) is 23.6. The van der Waals surface area contributed by atoms with Crippen LogP contribution in [-0.4, -0.2) is 45.0 Å². The number of carboxylic acids is 1. The fraction of sp³-hybridized carbons (Fsp3) is 0.348. The Bertz CT molecular complexity index is 1330. The number of piperidine rings is 1. The molecule has 11 heteroatoms. The second kappa shape index (κ2) is 8.99. The first-order valence-corrected chi connectivity index (χ1v) is 11.0. The van der Waals surface area contributed by atoms with Crippen molar-refractivity contribution in [3.63, 3.8) is 0 Å². The summed E-state index contributed by atoms with van der Waals surface area (Å²) in [4.78, 5) is 25.9. The Morgan fingerprint density at radius 3 is 2.76 bits per heavy atom. The summed E-state index contributed by atoms with van der Waals surface area (Å²) in [5, 5.41) is 22.3. The Hall–Kier alpha value is -3.58. The SMILES string of the molecule is Cc1cc(C(C)Nc2ccc(Cl)nc2C(=O)O)c2nc(N3CCCC(F)(F)C3)c(C#N)nc2c1. The zero-order valence-corrected chi connectivity index (χ0v) is 19.2. The van der Waals surface area contributed by atoms with Crippen LogP contribution in [0.5, 0.6) is 0 Å². The van der Waals surface area contributed by atoms with Gasteiger partial charge in [0.1, 0.15) is 11.2 Å². The van der Waals surface area contributed by atoms with Crippen molar-refractivity contribution in [2.45, 2.75) is 38.7 Å². The molecule has 3 aromatic rings. The van der Waals surface area contributed by atoms with Crippen LogP contribution in [0.2, 0.25) is 5.15 Å². The van der Waals surface area contributed by atoms with Crippen molar-refractivity contribution >= 4 is 40.1 Å². The number of halogens is 3. The first-order valence-electron chi connectivity index (χ1n) is 10.6. The van der Waals surface area contributed by atoms with Crippen LogP contribution in [0.1, 0.15) is 53.1 Å². The van der Waals surface area contributed by atoms with Gasteiger partial charge in [-0.1, -0.05) is 17.7 Å². The van der Waals surface area contributed by atoms with Gasteiger partial charge in [0, 0.05) is 18.5 Å². The number of nitrogens with zero attached hydrogens (tertiary/aromatic N) is 5. The van der Waals surface area contributed by atoms with Gasteiger partial charge in [-0.2, -0.15) is 5.26 Å². The molecule has 0 spiro atoms. The molecule has 1 aliphatic heterocycles. The standard InChI is InChI=1S/C23H21ClF2N6O2/c1-12-8-14(13(2)28-15-4-5-18(24)30-20(15)22(33)34)19-16(9-12)29-17(10-27)21(31-19)32-7-3-6-23(25,26)11-32/h4-5,8-9,13,28H,3,6-7,11H2,1-2H3,(H,33,34). The molecule has 1 saturated heterocycles. The van der Waals surface area contributed by atoms with Gasteiger partial charge in [-0.25, -0.2) is 28.5 Å². The molecule has 1 unspecified atom stereocenters. The maximum absolute atomic E-state index is 14.1. The molecule has 3 heterocycles. The molecule has 8 nitrogen and oxygen atoms in total. The molecular formula is C23H21ClF2N6O2. The maximum atomic E-state index is 14.1. The van der Waals surface area contributed by atoms with E-state index in [9.17, 15) is 23.9 Å². The summed E-state index contributed by atoms with van der Waals surface area (Å²) in [7, 11) is 0. The number of hydrogen-bond acceptors (Lipinski definition) is 7. The number of pyridine rings is 1. The molecule has 1 aliphatic rings. The lowest BCUT2D eigenvalue weighted by Gasteiger charge is -2.33. The highest BCUT2D eigenvalue weighted by molar-refractivity contribution is 6.29. The average molecular weight is 487 g/mol. The zero-order valence-electron chi connectivity index (χ0n) is 18.4. The molecular weight excluding hydrogens is 466 g/mol. The molecule has 34 heavy (non-hydrogen) atoms. The summed E-state index contributed by atoms with van der Waals surface area (Å²) in [5.41, 5.74) is 2.41. The second-order valence-corrected chi connectivity index (χ2v) is 8.70. The van der Waals surface area contributed by atoms with Gasteiger partial charge < -0.3 is 15.3 Å². The summed E-state index contributed by atoms with van der Waals surface area (Å²) < 4.78 is 28.2. The molecule has 0 saturated carbocycles. The van der Waals surface area contributed by atoms with Crippen molar-refractivity contribution in [2.24, 2.45) is 0 Å². The molecule has 0 bridgehead atoms. The molecule has 2 aromatic heterocycles. The third kappa shape index (κ3) is 4.70. The number of benzene rings is 1. The second-order valence-electron chi connectivity index (χ2n) is 8.31. The van der Waals surface area contributed by atoms with E-state index < -0.39 is 24.5 Å². The van der Waals surface area contributed by atoms with E-state index in [1.54, 1.807) is 6.07 Å². The Morgan fingerprint density at radius 1 is 1.32 bits per heavy atom. The minimum Gasteiger partial charge on any atom is -0.476 e. The van der Waals surface area contributed by atoms with Crippen molar-refractivity contribution < 1.29 is 18.7 Å². The number of aryl methyl sites for hydroxylation is 1. The maximum Gasteiger partial charge on any atom is 0.356 e. The van der Waals surface area contributed by atoms with Gasteiger partial charge in [-0.15, -0.1) is 0 Å². The molecule has 2 N–H and O–H groups in total. The largest absolute Gasteiger partial charge is 0.476 e. The van der Waals surface area contributed by atoms with Crippen LogP contribution in [0.25, 0.3) is 11.0 Å². The van der Waals surface area contributed by atoms with Gasteiger partial charge in [0.2, 0.25) is 0 Å². The summed E-state index contributed by atoms with van der Waals surface area (Å²) >= 11 is 5.85. The molecule has 1 atom stereocenters. The Labute approximate surface area is 199 Å². The van der Waals surface area contributed by atoms with E-state index >= 15 is 0 Å². The predicted molar refractivity (Wildman–Crippen MR) is 124 cm³/mol. The van der Waals surface area contributed by atoms with Crippen LogP contribution in [0.3, 0.4) is 0 Å². The van der Waals surface area contributed by atoms with Gasteiger partial charge >= 0.3 is 5.97 Å². The van der Waals surface area contributed by atoms with Crippen LogP contribution in [0.4, 0.5) is 20.3 Å². The van der Waals surface area contributed by atoms with Crippen LogP contribution in [-0.2, 0) is 0 Å². The number of rotatable bonds is 5. The van der Waals surface area contributed by atoms with Gasteiger partial charge in [0.15, 0.2) is 17.2 Å². The lowest BCUT2D eigenvalue weighted by molar-refractivity contribution is -0.0118. The molecule has 0 aliphatic carbocycles. The van der Waals surface area contributed by atoms with Crippen LogP contribution in [0.15, 0.2) is 24.3 Å². The number of carboxylic acid groups (broad SMARTS) is 1. The zero-order chi connectivity index (χ0) is 24.6. The highest BCUT2D eigenvalue weighted by atomic mass is 35.5. The van der Waals surface area contributed by atoms with Crippen LogP contribution >= 0.6 is 11.6 Å². The number of aromatic carboxylic acids is 1. The predicted octanol–water partition coefficient (Wildman–Crippen LogP) is 4.97. The van der Waals surface area contributed by atoms with Crippen molar-refractivity contribution in [3.05, 3.63) is 51.9 Å². The fourth-order valence-corrected chi connectivity index (χ4v) is 4.27. The van der Waals surface area contributed by atoms with E-state index in [1.165, 1.54) is 17.0 Å². The molecule has 176 valence electrons. The first-order chi connectivity index (χ1) is 16.1. The third-order valence-electron chi connectivity index (χ3n) is 5.63. The molecule has 1 fully saturated rings. The van der Waals surface area contributed by atoms with Gasteiger partial charge in [0.05, 0.1) is 29.3 Å².